The molecule has 0 unspecified atom stereocenters. The summed E-state index contributed by atoms with van der Waals surface area (Å²) in [6.45, 7) is 5.42. The van der Waals surface area contributed by atoms with Crippen LogP contribution in [-0.4, -0.2) is 28.6 Å². The van der Waals surface area contributed by atoms with E-state index in [1.165, 1.54) is 35.7 Å². The molecule has 0 radical (unpaired) electrons. The Morgan fingerprint density at radius 3 is 3.12 bits per heavy atom. The molecule has 1 N–H and O–H groups in total. The van der Waals surface area contributed by atoms with Gasteiger partial charge >= 0.3 is 0 Å². The van der Waals surface area contributed by atoms with Crippen LogP contribution in [-0.2, 0) is 6.42 Å². The fourth-order valence-corrected chi connectivity index (χ4v) is 4.36. The number of nitrogens with one attached hydrogen (secondary N) is 1. The minimum atomic E-state index is 0.736. The summed E-state index contributed by atoms with van der Waals surface area (Å²) >= 11 is 3.87. The van der Waals surface area contributed by atoms with Crippen LogP contribution in [0.1, 0.15) is 36.9 Å². The van der Waals surface area contributed by atoms with E-state index < -0.39 is 0 Å². The lowest BCUT2D eigenvalue weighted by Gasteiger charge is -2.19. The molecule has 4 heteroatoms. The summed E-state index contributed by atoms with van der Waals surface area (Å²) in [6, 6.07) is 0.736. The molecule has 1 heterocycles. The lowest BCUT2D eigenvalue weighted by molar-refractivity contribution is 0.534. The smallest absolute Gasteiger partial charge is 0.0897 e. The second-order valence-electron chi connectivity index (χ2n) is 4.59. The van der Waals surface area contributed by atoms with Crippen LogP contribution in [0.2, 0.25) is 0 Å². The van der Waals surface area contributed by atoms with Gasteiger partial charge in [-0.25, -0.2) is 4.98 Å². The molecular formula is C13H22N2S2. The standard InChI is InChI=1S/C13H22N2S2/c1-3-16-13-6-4-5-12(13)14-8-7-11-9-17-10(2)15-11/h9,12-14H,3-8H2,1-2H3/t12-,13-/m1/s1. The molecule has 1 aliphatic rings. The second kappa shape index (κ2) is 6.76. The molecule has 0 aromatic carbocycles. The van der Waals surface area contributed by atoms with E-state index in [4.69, 9.17) is 0 Å². The third-order valence-electron chi connectivity index (χ3n) is 3.29. The van der Waals surface area contributed by atoms with Crippen LogP contribution in [0.15, 0.2) is 5.38 Å². The third kappa shape index (κ3) is 3.97. The van der Waals surface area contributed by atoms with E-state index in [-0.39, 0.29) is 0 Å². The maximum Gasteiger partial charge on any atom is 0.0897 e. The molecule has 0 spiro atoms. The average molecular weight is 270 g/mol. The molecule has 2 rings (SSSR count). The van der Waals surface area contributed by atoms with Gasteiger partial charge in [0.1, 0.15) is 0 Å². The predicted octanol–water partition coefficient (Wildman–Crippen LogP) is 3.26. The van der Waals surface area contributed by atoms with E-state index in [0.717, 1.165) is 24.3 Å². The van der Waals surface area contributed by atoms with Crippen LogP contribution in [0.25, 0.3) is 0 Å². The first-order chi connectivity index (χ1) is 8.29. The summed E-state index contributed by atoms with van der Waals surface area (Å²) in [5.41, 5.74) is 1.25. The average Bonchev–Trinajstić information content (AvgIpc) is 2.90. The summed E-state index contributed by atoms with van der Waals surface area (Å²) in [4.78, 5) is 4.50. The van der Waals surface area contributed by atoms with Crippen molar-refractivity contribution in [3.05, 3.63) is 16.1 Å². The third-order valence-corrected chi connectivity index (χ3v) is 5.44. The molecule has 0 aliphatic heterocycles. The van der Waals surface area contributed by atoms with Crippen molar-refractivity contribution in [1.29, 1.82) is 0 Å². The topological polar surface area (TPSA) is 24.9 Å². The van der Waals surface area contributed by atoms with Gasteiger partial charge in [-0.15, -0.1) is 11.3 Å². The molecule has 0 saturated heterocycles. The summed E-state index contributed by atoms with van der Waals surface area (Å²) < 4.78 is 0. The van der Waals surface area contributed by atoms with Crippen LogP contribution in [0.3, 0.4) is 0 Å². The number of nitrogens with zero attached hydrogens (tertiary/aromatic N) is 1. The molecule has 0 amide bonds. The fraction of sp³-hybridized carbons (Fsp3) is 0.769. The lowest BCUT2D eigenvalue weighted by Crippen LogP contribution is -2.35. The van der Waals surface area contributed by atoms with Gasteiger partial charge in [-0.05, 0) is 25.5 Å². The molecule has 1 aromatic rings. The molecule has 1 fully saturated rings. The van der Waals surface area contributed by atoms with Gasteiger partial charge in [0.15, 0.2) is 0 Å². The van der Waals surface area contributed by atoms with Crippen LogP contribution in [0, 0.1) is 6.92 Å². The molecule has 17 heavy (non-hydrogen) atoms. The molecule has 2 nitrogen and oxygen atoms in total. The number of aryl methyl sites for hydroxylation is 1. The van der Waals surface area contributed by atoms with Crippen molar-refractivity contribution in [2.75, 3.05) is 12.3 Å². The van der Waals surface area contributed by atoms with Crippen molar-refractivity contribution < 1.29 is 0 Å². The van der Waals surface area contributed by atoms with Crippen molar-refractivity contribution >= 4 is 23.1 Å². The Morgan fingerprint density at radius 1 is 1.53 bits per heavy atom. The molecule has 1 aromatic heterocycles. The Hall–Kier alpha value is -0.0600. The lowest BCUT2D eigenvalue weighted by atomic mass is 10.2. The van der Waals surface area contributed by atoms with E-state index >= 15 is 0 Å². The number of aromatic nitrogens is 1. The van der Waals surface area contributed by atoms with Crippen LogP contribution in [0.4, 0.5) is 0 Å². The van der Waals surface area contributed by atoms with Crippen molar-refractivity contribution in [1.82, 2.24) is 10.3 Å². The molecule has 1 aliphatic carbocycles. The van der Waals surface area contributed by atoms with E-state index in [9.17, 15) is 0 Å². The van der Waals surface area contributed by atoms with Gasteiger partial charge in [0, 0.05) is 29.6 Å². The number of hydrogen-bond donors (Lipinski definition) is 1. The van der Waals surface area contributed by atoms with E-state index in [0.29, 0.717) is 0 Å². The molecular weight excluding hydrogens is 248 g/mol. The van der Waals surface area contributed by atoms with Crippen LogP contribution < -0.4 is 5.32 Å². The summed E-state index contributed by atoms with van der Waals surface area (Å²) in [5, 5.41) is 7.93. The van der Waals surface area contributed by atoms with Gasteiger partial charge in [0.2, 0.25) is 0 Å². The van der Waals surface area contributed by atoms with Crippen LogP contribution >= 0.6 is 23.1 Å². The summed E-state index contributed by atoms with van der Waals surface area (Å²) in [7, 11) is 0. The number of hydrogen-bond acceptors (Lipinski definition) is 4. The van der Waals surface area contributed by atoms with E-state index in [1.807, 2.05) is 0 Å². The van der Waals surface area contributed by atoms with Crippen LogP contribution in [0.5, 0.6) is 0 Å². The van der Waals surface area contributed by atoms with Gasteiger partial charge in [0.05, 0.1) is 10.7 Å². The number of thiazole rings is 1. The van der Waals surface area contributed by atoms with Gasteiger partial charge in [-0.1, -0.05) is 13.3 Å². The minimum absolute atomic E-state index is 0.736. The first kappa shape index (κ1) is 13.4. The molecule has 1 saturated carbocycles. The highest BCUT2D eigenvalue weighted by atomic mass is 32.2. The Balaban J connectivity index is 1.70. The van der Waals surface area contributed by atoms with Crippen molar-refractivity contribution in [3.8, 4) is 0 Å². The maximum atomic E-state index is 4.50. The number of rotatable bonds is 6. The summed E-state index contributed by atoms with van der Waals surface area (Å²) in [5.74, 6) is 1.24. The second-order valence-corrected chi connectivity index (χ2v) is 7.17. The highest BCUT2D eigenvalue weighted by Gasteiger charge is 2.26. The van der Waals surface area contributed by atoms with Crippen molar-refractivity contribution in [2.45, 2.75) is 50.8 Å². The quantitative estimate of drug-likeness (QED) is 0.859. The Morgan fingerprint density at radius 2 is 2.41 bits per heavy atom. The van der Waals surface area contributed by atoms with Crippen molar-refractivity contribution in [2.24, 2.45) is 0 Å². The highest BCUT2D eigenvalue weighted by Crippen LogP contribution is 2.29. The highest BCUT2D eigenvalue weighted by molar-refractivity contribution is 7.99. The van der Waals surface area contributed by atoms with E-state index in [1.54, 1.807) is 11.3 Å². The Labute approximate surface area is 113 Å². The molecule has 0 bridgehead atoms. The first-order valence-electron chi connectivity index (χ1n) is 6.55. The van der Waals surface area contributed by atoms with Crippen molar-refractivity contribution in [3.63, 3.8) is 0 Å². The van der Waals surface area contributed by atoms with E-state index in [2.05, 4.69) is 41.3 Å². The zero-order valence-corrected chi connectivity index (χ0v) is 12.4. The Kier molecular flexibility index (Phi) is 5.32. The van der Waals surface area contributed by atoms with Gasteiger partial charge in [-0.2, -0.15) is 11.8 Å². The molecule has 2 atom stereocenters. The fourth-order valence-electron chi connectivity index (χ4n) is 2.48. The zero-order valence-electron chi connectivity index (χ0n) is 10.7. The van der Waals surface area contributed by atoms with Gasteiger partial charge < -0.3 is 5.32 Å². The van der Waals surface area contributed by atoms with Gasteiger partial charge in [-0.3, -0.25) is 0 Å². The summed E-state index contributed by atoms with van der Waals surface area (Å²) in [6.07, 6.45) is 5.22. The zero-order chi connectivity index (χ0) is 12.1. The Bertz CT molecular complexity index is 338. The maximum absolute atomic E-state index is 4.50. The largest absolute Gasteiger partial charge is 0.312 e. The van der Waals surface area contributed by atoms with Gasteiger partial charge in [0.25, 0.3) is 0 Å². The first-order valence-corrected chi connectivity index (χ1v) is 8.48. The minimum Gasteiger partial charge on any atom is -0.312 e. The predicted molar refractivity (Wildman–Crippen MR) is 78.1 cm³/mol. The SMILES string of the molecule is CCS[C@@H]1CCC[C@H]1NCCc1csc(C)n1. The normalized spacial score (nSPS) is 24.4. The monoisotopic (exact) mass is 270 g/mol. The number of thioether (sulfide) groups is 1. The molecule has 96 valence electrons.